The molecule has 0 aromatic heterocycles. The van der Waals surface area contributed by atoms with Crippen molar-refractivity contribution >= 4 is 15.9 Å². The van der Waals surface area contributed by atoms with Crippen LogP contribution in [0.1, 0.15) is 33.9 Å². The number of nitrogens with two attached hydrogens (primary N) is 1. The van der Waals surface area contributed by atoms with Crippen LogP contribution in [0.15, 0.2) is 34.8 Å². The van der Waals surface area contributed by atoms with E-state index in [4.69, 9.17) is 5.73 Å². The first-order valence-electron chi connectivity index (χ1n) is 6.18. The summed E-state index contributed by atoms with van der Waals surface area (Å²) < 4.78 is 14.3. The molecule has 0 bridgehead atoms. The Hall–Kier alpha value is -1.19. The van der Waals surface area contributed by atoms with Crippen molar-refractivity contribution in [3.63, 3.8) is 0 Å². The topological polar surface area (TPSA) is 26.0 Å². The summed E-state index contributed by atoms with van der Waals surface area (Å²) in [7, 11) is 0. The van der Waals surface area contributed by atoms with Gasteiger partial charge in [0.05, 0.1) is 6.04 Å². The van der Waals surface area contributed by atoms with Crippen molar-refractivity contribution in [3.05, 3.63) is 68.4 Å². The summed E-state index contributed by atoms with van der Waals surface area (Å²) >= 11 is 3.54. The van der Waals surface area contributed by atoms with E-state index in [0.29, 0.717) is 0 Å². The van der Waals surface area contributed by atoms with Crippen LogP contribution in [0.2, 0.25) is 0 Å². The molecule has 19 heavy (non-hydrogen) atoms. The fourth-order valence-electron chi connectivity index (χ4n) is 2.47. The molecule has 2 aromatic carbocycles. The van der Waals surface area contributed by atoms with E-state index in [9.17, 15) is 4.39 Å². The van der Waals surface area contributed by atoms with Crippen LogP contribution in [0.5, 0.6) is 0 Å². The first-order valence-corrected chi connectivity index (χ1v) is 6.97. The number of rotatable bonds is 2. The van der Waals surface area contributed by atoms with Crippen molar-refractivity contribution in [2.45, 2.75) is 26.8 Å². The van der Waals surface area contributed by atoms with Crippen molar-refractivity contribution in [2.24, 2.45) is 5.73 Å². The van der Waals surface area contributed by atoms with Crippen LogP contribution in [0, 0.1) is 26.6 Å². The predicted octanol–water partition coefficient (Wildman–Crippen LogP) is 4.56. The van der Waals surface area contributed by atoms with Gasteiger partial charge in [-0.2, -0.15) is 0 Å². The van der Waals surface area contributed by atoms with E-state index in [1.165, 1.54) is 12.1 Å². The van der Waals surface area contributed by atoms with Gasteiger partial charge in [0.2, 0.25) is 0 Å². The van der Waals surface area contributed by atoms with Gasteiger partial charge in [0, 0.05) is 4.47 Å². The number of halogens is 2. The summed E-state index contributed by atoms with van der Waals surface area (Å²) in [5, 5.41) is 0. The number of hydrogen-bond donors (Lipinski definition) is 1. The van der Waals surface area contributed by atoms with Gasteiger partial charge in [-0.15, -0.1) is 0 Å². The van der Waals surface area contributed by atoms with Crippen molar-refractivity contribution in [1.82, 2.24) is 0 Å². The lowest BCUT2D eigenvalue weighted by Gasteiger charge is -2.20. The highest BCUT2D eigenvalue weighted by Gasteiger charge is 2.17. The third kappa shape index (κ3) is 2.88. The lowest BCUT2D eigenvalue weighted by atomic mass is 9.91. The van der Waals surface area contributed by atoms with Gasteiger partial charge in [-0.3, -0.25) is 0 Å². The smallest absolute Gasteiger partial charge is 0.123 e. The molecule has 0 fully saturated rings. The van der Waals surface area contributed by atoms with Crippen LogP contribution in [0.3, 0.4) is 0 Å². The van der Waals surface area contributed by atoms with Crippen molar-refractivity contribution in [2.75, 3.05) is 0 Å². The second kappa shape index (κ2) is 5.43. The van der Waals surface area contributed by atoms with Crippen LogP contribution in [0.4, 0.5) is 4.39 Å². The molecule has 0 radical (unpaired) electrons. The minimum Gasteiger partial charge on any atom is -0.320 e. The van der Waals surface area contributed by atoms with Gasteiger partial charge in [-0.05, 0) is 61.2 Å². The Morgan fingerprint density at radius 1 is 1.05 bits per heavy atom. The van der Waals surface area contributed by atoms with Gasteiger partial charge >= 0.3 is 0 Å². The second-order valence-corrected chi connectivity index (χ2v) is 5.81. The largest absolute Gasteiger partial charge is 0.320 e. The van der Waals surface area contributed by atoms with E-state index in [1.807, 2.05) is 32.9 Å². The van der Waals surface area contributed by atoms with Gasteiger partial charge in [0.25, 0.3) is 0 Å². The summed E-state index contributed by atoms with van der Waals surface area (Å²) in [6, 6.07) is 8.91. The molecule has 2 N–H and O–H groups in total. The molecule has 0 aliphatic carbocycles. The highest BCUT2D eigenvalue weighted by molar-refractivity contribution is 9.10. The monoisotopic (exact) mass is 321 g/mol. The second-order valence-electron chi connectivity index (χ2n) is 4.96. The first-order chi connectivity index (χ1) is 8.90. The predicted molar refractivity (Wildman–Crippen MR) is 80.8 cm³/mol. The van der Waals surface area contributed by atoms with Gasteiger partial charge in [-0.1, -0.05) is 33.6 Å². The fourth-order valence-corrected chi connectivity index (χ4v) is 2.96. The molecule has 2 rings (SSSR count). The number of hydrogen-bond acceptors (Lipinski definition) is 1. The van der Waals surface area contributed by atoms with E-state index >= 15 is 0 Å². The Bertz CT molecular complexity index is 599. The molecule has 0 saturated heterocycles. The zero-order valence-electron chi connectivity index (χ0n) is 11.3. The molecule has 0 heterocycles. The normalized spacial score (nSPS) is 12.5. The van der Waals surface area contributed by atoms with E-state index in [0.717, 1.165) is 32.3 Å². The average molecular weight is 322 g/mol. The molecule has 3 heteroatoms. The Morgan fingerprint density at radius 2 is 1.63 bits per heavy atom. The van der Waals surface area contributed by atoms with Crippen LogP contribution in [-0.2, 0) is 0 Å². The van der Waals surface area contributed by atoms with E-state index in [1.54, 1.807) is 0 Å². The molecule has 0 amide bonds. The quantitative estimate of drug-likeness (QED) is 0.862. The van der Waals surface area contributed by atoms with Crippen LogP contribution in [0.25, 0.3) is 0 Å². The molecule has 1 atom stereocenters. The molecule has 0 aliphatic heterocycles. The third-order valence-corrected chi connectivity index (χ3v) is 4.08. The third-order valence-electron chi connectivity index (χ3n) is 3.36. The van der Waals surface area contributed by atoms with E-state index in [2.05, 4.69) is 22.0 Å². The van der Waals surface area contributed by atoms with Gasteiger partial charge in [0.15, 0.2) is 0 Å². The van der Waals surface area contributed by atoms with E-state index < -0.39 is 0 Å². The van der Waals surface area contributed by atoms with Crippen LogP contribution in [-0.4, -0.2) is 0 Å². The lowest BCUT2D eigenvalue weighted by Crippen LogP contribution is -2.16. The minimum absolute atomic E-state index is 0.214. The molecule has 1 nitrogen and oxygen atoms in total. The zero-order chi connectivity index (χ0) is 14.2. The number of benzene rings is 2. The maximum atomic E-state index is 13.4. The highest BCUT2D eigenvalue weighted by Crippen LogP contribution is 2.31. The molecule has 0 saturated carbocycles. The SMILES string of the molecule is Cc1ccc(Br)c(C(N)c2c(C)cc(F)cc2C)c1. The van der Waals surface area contributed by atoms with Gasteiger partial charge < -0.3 is 5.73 Å². The fraction of sp³-hybridized carbons (Fsp3) is 0.250. The summed E-state index contributed by atoms with van der Waals surface area (Å²) in [5.74, 6) is -0.214. The highest BCUT2D eigenvalue weighted by atomic mass is 79.9. The number of aryl methyl sites for hydroxylation is 3. The van der Waals surface area contributed by atoms with E-state index in [-0.39, 0.29) is 11.9 Å². The first kappa shape index (κ1) is 14.2. The van der Waals surface area contributed by atoms with Gasteiger partial charge in [0.1, 0.15) is 5.82 Å². The molecule has 2 aromatic rings. The molecular weight excluding hydrogens is 305 g/mol. The minimum atomic E-state index is -0.255. The maximum absolute atomic E-state index is 13.4. The summed E-state index contributed by atoms with van der Waals surface area (Å²) in [6.45, 7) is 5.83. The average Bonchev–Trinajstić information content (AvgIpc) is 2.30. The van der Waals surface area contributed by atoms with Gasteiger partial charge in [-0.25, -0.2) is 4.39 Å². The summed E-state index contributed by atoms with van der Waals surface area (Å²) in [4.78, 5) is 0. The summed E-state index contributed by atoms with van der Waals surface area (Å²) in [6.07, 6.45) is 0. The molecule has 100 valence electrons. The molecule has 1 unspecified atom stereocenters. The van der Waals surface area contributed by atoms with Crippen molar-refractivity contribution in [3.8, 4) is 0 Å². The Balaban J connectivity index is 2.56. The van der Waals surface area contributed by atoms with Crippen LogP contribution < -0.4 is 5.73 Å². The zero-order valence-corrected chi connectivity index (χ0v) is 12.9. The standard InChI is InChI=1S/C16H17BrFN/c1-9-4-5-14(17)13(6-9)16(19)15-10(2)7-12(18)8-11(15)3/h4-8,16H,19H2,1-3H3. The maximum Gasteiger partial charge on any atom is 0.123 e. The Morgan fingerprint density at radius 3 is 2.21 bits per heavy atom. The molecular formula is C16H17BrFN. The lowest BCUT2D eigenvalue weighted by molar-refractivity contribution is 0.623. The Kier molecular flexibility index (Phi) is 4.07. The van der Waals surface area contributed by atoms with Crippen molar-refractivity contribution in [1.29, 1.82) is 0 Å². The Labute approximate surface area is 121 Å². The molecule has 0 spiro atoms. The van der Waals surface area contributed by atoms with Crippen molar-refractivity contribution < 1.29 is 4.39 Å². The van der Waals surface area contributed by atoms with Crippen LogP contribution >= 0.6 is 15.9 Å². The molecule has 0 aliphatic rings. The summed E-state index contributed by atoms with van der Waals surface area (Å²) in [5.41, 5.74) is 11.3.